The molecular formula is C31H38FN3O4S. The summed E-state index contributed by atoms with van der Waals surface area (Å²) >= 11 is 0. The van der Waals surface area contributed by atoms with E-state index in [0.29, 0.717) is 17.8 Å². The fourth-order valence-corrected chi connectivity index (χ4v) is 5.30. The zero-order chi connectivity index (χ0) is 29.4. The molecule has 0 aromatic heterocycles. The number of carbonyl (C=O) groups is 2. The number of hydrogen-bond acceptors (Lipinski definition) is 4. The van der Waals surface area contributed by atoms with Gasteiger partial charge in [-0.2, -0.15) is 0 Å². The van der Waals surface area contributed by atoms with Gasteiger partial charge in [0.1, 0.15) is 18.4 Å². The summed E-state index contributed by atoms with van der Waals surface area (Å²) in [5, 5.41) is 2.94. The van der Waals surface area contributed by atoms with E-state index in [-0.39, 0.29) is 24.8 Å². The van der Waals surface area contributed by atoms with Crippen LogP contribution >= 0.6 is 0 Å². The van der Waals surface area contributed by atoms with E-state index in [1.54, 1.807) is 24.3 Å². The van der Waals surface area contributed by atoms with Gasteiger partial charge < -0.3 is 10.2 Å². The second kappa shape index (κ2) is 13.6. The Kier molecular flexibility index (Phi) is 10.5. The first-order valence-corrected chi connectivity index (χ1v) is 15.1. The first-order chi connectivity index (χ1) is 18.8. The number of halogens is 1. The minimum absolute atomic E-state index is 0.00381. The number of aryl methyl sites for hydroxylation is 2. The summed E-state index contributed by atoms with van der Waals surface area (Å²) in [5.74, 6) is -1.12. The number of benzene rings is 3. The number of carbonyl (C=O) groups excluding carboxylic acids is 2. The van der Waals surface area contributed by atoms with E-state index in [9.17, 15) is 22.4 Å². The summed E-state index contributed by atoms with van der Waals surface area (Å²) in [6.07, 6.45) is 1.28. The smallest absolute Gasteiger partial charge is 0.244 e. The lowest BCUT2D eigenvalue weighted by atomic mass is 10.0. The molecule has 0 saturated heterocycles. The first kappa shape index (κ1) is 30.8. The highest BCUT2D eigenvalue weighted by Crippen LogP contribution is 2.23. The third kappa shape index (κ3) is 8.91. The fraction of sp³-hybridized carbons (Fsp3) is 0.355. The average Bonchev–Trinajstić information content (AvgIpc) is 2.88. The third-order valence-electron chi connectivity index (χ3n) is 6.40. The molecule has 214 valence electrons. The van der Waals surface area contributed by atoms with Crippen LogP contribution < -0.4 is 9.62 Å². The van der Waals surface area contributed by atoms with Crippen molar-refractivity contribution in [2.75, 3.05) is 23.7 Å². The van der Waals surface area contributed by atoms with Gasteiger partial charge in [0.05, 0.1) is 11.9 Å². The van der Waals surface area contributed by atoms with E-state index in [0.717, 1.165) is 27.3 Å². The Bertz CT molecular complexity index is 1390. The maximum absolute atomic E-state index is 14.1. The SMILES string of the molecule is Cc1cc(C)cc(N(CC(=O)N(Cc2ccc(F)cc2)C(Cc2ccccc2)C(=O)NCC(C)C)S(C)(=O)=O)c1. The quantitative estimate of drug-likeness (QED) is 0.346. The minimum atomic E-state index is -3.85. The van der Waals surface area contributed by atoms with Crippen LogP contribution in [0.5, 0.6) is 0 Å². The number of hydrogen-bond donors (Lipinski definition) is 1. The summed E-state index contributed by atoms with van der Waals surface area (Å²) in [6, 6.07) is 19.4. The molecule has 3 aromatic carbocycles. The van der Waals surface area contributed by atoms with Crippen LogP contribution in [-0.4, -0.2) is 50.5 Å². The number of rotatable bonds is 12. The van der Waals surface area contributed by atoms with Gasteiger partial charge in [-0.05, 0) is 66.3 Å². The van der Waals surface area contributed by atoms with Crippen molar-refractivity contribution in [3.63, 3.8) is 0 Å². The predicted octanol–water partition coefficient (Wildman–Crippen LogP) is 4.62. The molecule has 40 heavy (non-hydrogen) atoms. The fourth-order valence-electron chi connectivity index (χ4n) is 4.47. The number of sulfonamides is 1. The molecule has 3 rings (SSSR count). The van der Waals surface area contributed by atoms with E-state index in [2.05, 4.69) is 5.32 Å². The van der Waals surface area contributed by atoms with E-state index < -0.39 is 34.3 Å². The van der Waals surface area contributed by atoms with Gasteiger partial charge in [0.15, 0.2) is 0 Å². The molecule has 0 aliphatic heterocycles. The summed E-state index contributed by atoms with van der Waals surface area (Å²) in [5.41, 5.74) is 3.54. The highest BCUT2D eigenvalue weighted by atomic mass is 32.2. The van der Waals surface area contributed by atoms with Crippen LogP contribution in [0.25, 0.3) is 0 Å². The first-order valence-electron chi connectivity index (χ1n) is 13.2. The lowest BCUT2D eigenvalue weighted by Crippen LogP contribution is -2.53. The second-order valence-corrected chi connectivity index (χ2v) is 12.5. The monoisotopic (exact) mass is 567 g/mol. The Balaban J connectivity index is 2.06. The van der Waals surface area contributed by atoms with Crippen LogP contribution in [0.2, 0.25) is 0 Å². The molecule has 1 unspecified atom stereocenters. The lowest BCUT2D eigenvalue weighted by molar-refractivity contribution is -0.140. The largest absolute Gasteiger partial charge is 0.354 e. The van der Waals surface area contributed by atoms with Gasteiger partial charge in [-0.15, -0.1) is 0 Å². The number of nitrogens with zero attached hydrogens (tertiary/aromatic N) is 2. The molecule has 3 aromatic rings. The molecule has 0 saturated carbocycles. The van der Waals surface area contributed by atoms with E-state index in [4.69, 9.17) is 0 Å². The van der Waals surface area contributed by atoms with Gasteiger partial charge in [-0.25, -0.2) is 12.8 Å². The molecular weight excluding hydrogens is 529 g/mol. The zero-order valence-electron chi connectivity index (χ0n) is 23.7. The third-order valence-corrected chi connectivity index (χ3v) is 7.54. The molecule has 7 nitrogen and oxygen atoms in total. The number of anilines is 1. The second-order valence-electron chi connectivity index (χ2n) is 10.6. The van der Waals surface area contributed by atoms with Gasteiger partial charge in [0.2, 0.25) is 21.8 Å². The highest BCUT2D eigenvalue weighted by molar-refractivity contribution is 7.92. The van der Waals surface area contributed by atoms with Crippen LogP contribution in [-0.2, 0) is 32.6 Å². The normalized spacial score (nSPS) is 12.2. The van der Waals surface area contributed by atoms with Crippen molar-refractivity contribution in [3.8, 4) is 0 Å². The number of amides is 2. The summed E-state index contributed by atoms with van der Waals surface area (Å²) in [7, 11) is -3.85. The summed E-state index contributed by atoms with van der Waals surface area (Å²) in [4.78, 5) is 29.0. The van der Waals surface area contributed by atoms with Crippen molar-refractivity contribution >= 4 is 27.5 Å². The summed E-state index contributed by atoms with van der Waals surface area (Å²) < 4.78 is 40.6. The van der Waals surface area contributed by atoms with Crippen molar-refractivity contribution in [1.29, 1.82) is 0 Å². The predicted molar refractivity (Wildman–Crippen MR) is 157 cm³/mol. The Hall–Kier alpha value is -3.72. The van der Waals surface area contributed by atoms with Gasteiger partial charge in [-0.1, -0.05) is 62.4 Å². The van der Waals surface area contributed by atoms with Crippen molar-refractivity contribution < 1.29 is 22.4 Å². The summed E-state index contributed by atoms with van der Waals surface area (Å²) in [6.45, 7) is 7.58. The Morgan fingerprint density at radius 3 is 2.05 bits per heavy atom. The van der Waals surface area contributed by atoms with Crippen LogP contribution in [0.4, 0.5) is 10.1 Å². The van der Waals surface area contributed by atoms with Gasteiger partial charge in [0, 0.05) is 19.5 Å². The van der Waals surface area contributed by atoms with E-state index in [1.807, 2.05) is 64.1 Å². The molecule has 0 aliphatic rings. The molecule has 2 amide bonds. The van der Waals surface area contributed by atoms with E-state index in [1.165, 1.54) is 17.0 Å². The topological polar surface area (TPSA) is 86.8 Å². The molecule has 0 heterocycles. The van der Waals surface area contributed by atoms with Crippen molar-refractivity contribution in [2.45, 2.75) is 46.7 Å². The number of nitrogens with one attached hydrogen (secondary N) is 1. The van der Waals surface area contributed by atoms with Gasteiger partial charge in [-0.3, -0.25) is 13.9 Å². The molecule has 0 bridgehead atoms. The highest BCUT2D eigenvalue weighted by Gasteiger charge is 2.33. The molecule has 1 atom stereocenters. The van der Waals surface area contributed by atoms with Gasteiger partial charge >= 0.3 is 0 Å². The van der Waals surface area contributed by atoms with Crippen molar-refractivity contribution in [3.05, 3.63) is 101 Å². The Morgan fingerprint density at radius 1 is 0.900 bits per heavy atom. The molecule has 9 heteroatoms. The van der Waals surface area contributed by atoms with Crippen LogP contribution in [0.1, 0.15) is 36.1 Å². The molecule has 0 aliphatic carbocycles. The van der Waals surface area contributed by atoms with Crippen LogP contribution in [0.15, 0.2) is 72.8 Å². The van der Waals surface area contributed by atoms with Crippen molar-refractivity contribution in [2.24, 2.45) is 5.92 Å². The average molecular weight is 568 g/mol. The molecule has 0 radical (unpaired) electrons. The van der Waals surface area contributed by atoms with E-state index >= 15 is 0 Å². The maximum atomic E-state index is 14.1. The standard InChI is InChI=1S/C31H38FN3O4S/c1-22(2)19-33-31(37)29(18-25-9-7-6-8-10-25)34(20-26-11-13-27(32)14-12-26)30(36)21-35(40(5,38)39)28-16-23(3)15-24(4)17-28/h6-17,22,29H,18-21H2,1-5H3,(H,33,37). The van der Waals surface area contributed by atoms with Crippen LogP contribution in [0.3, 0.4) is 0 Å². The molecule has 1 N–H and O–H groups in total. The van der Waals surface area contributed by atoms with Crippen molar-refractivity contribution in [1.82, 2.24) is 10.2 Å². The minimum Gasteiger partial charge on any atom is -0.354 e. The molecule has 0 spiro atoms. The van der Waals surface area contributed by atoms with Crippen LogP contribution in [0, 0.1) is 25.6 Å². The maximum Gasteiger partial charge on any atom is 0.244 e. The lowest BCUT2D eigenvalue weighted by Gasteiger charge is -2.33. The van der Waals surface area contributed by atoms with Gasteiger partial charge in [0.25, 0.3) is 0 Å². The zero-order valence-corrected chi connectivity index (χ0v) is 24.5. The Labute approximate surface area is 237 Å². The Morgan fingerprint density at radius 2 is 1.50 bits per heavy atom. The molecule has 0 fully saturated rings.